The zero-order valence-corrected chi connectivity index (χ0v) is 10.6. The zero-order chi connectivity index (χ0) is 12.2. The minimum absolute atomic E-state index is 0.284. The molecule has 0 saturated carbocycles. The second-order valence-corrected chi connectivity index (χ2v) is 5.10. The Kier molecular flexibility index (Phi) is 4.32. The van der Waals surface area contributed by atoms with E-state index in [9.17, 15) is 8.42 Å². The predicted octanol–water partition coefficient (Wildman–Crippen LogP) is 1.56. The summed E-state index contributed by atoms with van der Waals surface area (Å²) in [5, 5.41) is 0. The van der Waals surface area contributed by atoms with Crippen LogP contribution in [0.4, 0.5) is 0 Å². The summed E-state index contributed by atoms with van der Waals surface area (Å²) in [6.45, 7) is 4.10. The molecule has 0 heterocycles. The average molecular weight is 243 g/mol. The summed E-state index contributed by atoms with van der Waals surface area (Å²) < 4.78 is 31.1. The van der Waals surface area contributed by atoms with Gasteiger partial charge in [-0.05, 0) is 30.2 Å². The molecule has 0 aliphatic carbocycles. The van der Waals surface area contributed by atoms with Gasteiger partial charge in [0, 0.05) is 6.54 Å². The van der Waals surface area contributed by atoms with Crippen LogP contribution in [0, 0.1) is 0 Å². The molecule has 4 nitrogen and oxygen atoms in total. The highest BCUT2D eigenvalue weighted by Gasteiger charge is 2.14. The molecule has 1 aromatic carbocycles. The van der Waals surface area contributed by atoms with Crippen LogP contribution in [0.1, 0.15) is 19.4 Å². The SMILES string of the molecule is CCNS(=O)(=O)c1ccc(OC)c(CC)c1. The minimum Gasteiger partial charge on any atom is -0.496 e. The van der Waals surface area contributed by atoms with Crippen LogP contribution in [0.25, 0.3) is 0 Å². The van der Waals surface area contributed by atoms with Gasteiger partial charge in [0.15, 0.2) is 0 Å². The Morgan fingerprint density at radius 2 is 2.00 bits per heavy atom. The van der Waals surface area contributed by atoms with E-state index in [0.717, 1.165) is 17.7 Å². The second kappa shape index (κ2) is 5.32. The maximum atomic E-state index is 11.7. The lowest BCUT2D eigenvalue weighted by Gasteiger charge is -2.09. The van der Waals surface area contributed by atoms with E-state index in [1.165, 1.54) is 0 Å². The molecule has 16 heavy (non-hydrogen) atoms. The van der Waals surface area contributed by atoms with Gasteiger partial charge in [0.25, 0.3) is 0 Å². The molecule has 90 valence electrons. The number of benzene rings is 1. The van der Waals surface area contributed by atoms with Gasteiger partial charge in [-0.2, -0.15) is 0 Å². The third-order valence-electron chi connectivity index (χ3n) is 2.28. The first-order chi connectivity index (χ1) is 7.55. The number of ether oxygens (including phenoxy) is 1. The molecular weight excluding hydrogens is 226 g/mol. The first kappa shape index (κ1) is 13.0. The molecule has 5 heteroatoms. The lowest BCUT2D eigenvalue weighted by Crippen LogP contribution is -2.23. The number of rotatable bonds is 5. The highest BCUT2D eigenvalue weighted by Crippen LogP contribution is 2.22. The van der Waals surface area contributed by atoms with E-state index in [4.69, 9.17) is 4.74 Å². The van der Waals surface area contributed by atoms with Crippen molar-refractivity contribution in [3.63, 3.8) is 0 Å². The third kappa shape index (κ3) is 2.74. The second-order valence-electron chi connectivity index (χ2n) is 3.33. The molecule has 0 saturated heterocycles. The molecule has 1 N–H and O–H groups in total. The van der Waals surface area contributed by atoms with E-state index in [-0.39, 0.29) is 4.90 Å². The van der Waals surface area contributed by atoms with Crippen molar-refractivity contribution in [3.05, 3.63) is 23.8 Å². The Morgan fingerprint density at radius 3 is 2.50 bits per heavy atom. The smallest absolute Gasteiger partial charge is 0.240 e. The van der Waals surface area contributed by atoms with Gasteiger partial charge >= 0.3 is 0 Å². The molecule has 1 aromatic rings. The molecule has 0 aromatic heterocycles. The Balaban J connectivity index is 3.18. The van der Waals surface area contributed by atoms with Crippen LogP contribution >= 0.6 is 0 Å². The largest absolute Gasteiger partial charge is 0.496 e. The number of aryl methyl sites for hydroxylation is 1. The van der Waals surface area contributed by atoms with Crippen LogP contribution in [0.5, 0.6) is 5.75 Å². The lowest BCUT2D eigenvalue weighted by molar-refractivity contribution is 0.409. The zero-order valence-electron chi connectivity index (χ0n) is 9.78. The van der Waals surface area contributed by atoms with Crippen molar-refractivity contribution in [1.82, 2.24) is 4.72 Å². The fourth-order valence-electron chi connectivity index (χ4n) is 1.47. The summed E-state index contributed by atoms with van der Waals surface area (Å²) in [5.41, 5.74) is 0.890. The van der Waals surface area contributed by atoms with E-state index in [1.54, 1.807) is 32.2 Å². The molecule has 0 atom stereocenters. The van der Waals surface area contributed by atoms with E-state index in [1.807, 2.05) is 6.92 Å². The third-order valence-corrected chi connectivity index (χ3v) is 3.82. The topological polar surface area (TPSA) is 55.4 Å². The number of hydrogen-bond donors (Lipinski definition) is 1. The Hall–Kier alpha value is -1.07. The monoisotopic (exact) mass is 243 g/mol. The van der Waals surface area contributed by atoms with Gasteiger partial charge in [0.1, 0.15) is 5.75 Å². The lowest BCUT2D eigenvalue weighted by atomic mass is 10.1. The van der Waals surface area contributed by atoms with Gasteiger partial charge in [-0.1, -0.05) is 13.8 Å². The maximum Gasteiger partial charge on any atom is 0.240 e. The minimum atomic E-state index is -3.37. The van der Waals surface area contributed by atoms with Gasteiger partial charge in [-0.15, -0.1) is 0 Å². The summed E-state index contributed by atoms with van der Waals surface area (Å²) in [7, 11) is -1.80. The molecule has 0 radical (unpaired) electrons. The highest BCUT2D eigenvalue weighted by molar-refractivity contribution is 7.89. The van der Waals surface area contributed by atoms with Gasteiger partial charge in [-0.25, -0.2) is 13.1 Å². The quantitative estimate of drug-likeness (QED) is 0.853. The molecule has 0 unspecified atom stereocenters. The molecule has 0 spiro atoms. The van der Waals surface area contributed by atoms with Crippen molar-refractivity contribution in [2.45, 2.75) is 25.2 Å². The summed E-state index contributed by atoms with van der Waals surface area (Å²) >= 11 is 0. The Bertz CT molecular complexity index is 454. The molecule has 0 bridgehead atoms. The number of methoxy groups -OCH3 is 1. The summed E-state index contributed by atoms with van der Waals surface area (Å²) in [6, 6.07) is 4.88. The van der Waals surface area contributed by atoms with Crippen molar-refractivity contribution >= 4 is 10.0 Å². The predicted molar refractivity (Wildman–Crippen MR) is 63.2 cm³/mol. The molecule has 0 amide bonds. The standard InChI is InChI=1S/C11H17NO3S/c1-4-9-8-10(6-7-11(9)15-3)16(13,14)12-5-2/h6-8,12H,4-5H2,1-3H3. The van der Waals surface area contributed by atoms with Gasteiger partial charge in [0.05, 0.1) is 12.0 Å². The van der Waals surface area contributed by atoms with E-state index >= 15 is 0 Å². The van der Waals surface area contributed by atoms with Crippen molar-refractivity contribution in [2.24, 2.45) is 0 Å². The summed E-state index contributed by atoms with van der Waals surface area (Å²) in [4.78, 5) is 0.284. The first-order valence-corrected chi connectivity index (χ1v) is 6.70. The molecular formula is C11H17NO3S. The molecule has 1 rings (SSSR count). The Morgan fingerprint density at radius 1 is 1.31 bits per heavy atom. The van der Waals surface area contributed by atoms with E-state index in [0.29, 0.717) is 6.54 Å². The number of hydrogen-bond acceptors (Lipinski definition) is 3. The summed E-state index contributed by atoms with van der Waals surface area (Å²) in [6.07, 6.45) is 0.735. The van der Waals surface area contributed by atoms with E-state index < -0.39 is 10.0 Å². The van der Waals surface area contributed by atoms with Crippen LogP contribution < -0.4 is 9.46 Å². The molecule has 0 aliphatic heterocycles. The Labute approximate surface area is 96.7 Å². The highest BCUT2D eigenvalue weighted by atomic mass is 32.2. The normalized spacial score (nSPS) is 11.4. The average Bonchev–Trinajstić information content (AvgIpc) is 2.28. The van der Waals surface area contributed by atoms with Crippen molar-refractivity contribution in [2.75, 3.05) is 13.7 Å². The number of sulfonamides is 1. The molecule has 0 fully saturated rings. The van der Waals surface area contributed by atoms with Crippen molar-refractivity contribution in [3.8, 4) is 5.75 Å². The van der Waals surface area contributed by atoms with Gasteiger partial charge in [0.2, 0.25) is 10.0 Å². The van der Waals surface area contributed by atoms with Gasteiger partial charge < -0.3 is 4.74 Å². The van der Waals surface area contributed by atoms with Crippen molar-refractivity contribution in [1.29, 1.82) is 0 Å². The van der Waals surface area contributed by atoms with Crippen LogP contribution in [0.2, 0.25) is 0 Å². The van der Waals surface area contributed by atoms with Crippen molar-refractivity contribution < 1.29 is 13.2 Å². The fourth-order valence-corrected chi connectivity index (χ4v) is 2.56. The van der Waals surface area contributed by atoms with Crippen LogP contribution in [-0.2, 0) is 16.4 Å². The number of nitrogens with one attached hydrogen (secondary N) is 1. The maximum absolute atomic E-state index is 11.7. The van der Waals surface area contributed by atoms with E-state index in [2.05, 4.69) is 4.72 Å². The first-order valence-electron chi connectivity index (χ1n) is 5.21. The molecule has 0 aliphatic rings. The van der Waals surface area contributed by atoms with Crippen LogP contribution in [-0.4, -0.2) is 22.1 Å². The fraction of sp³-hybridized carbons (Fsp3) is 0.455. The summed E-state index contributed by atoms with van der Waals surface area (Å²) in [5.74, 6) is 0.720. The van der Waals surface area contributed by atoms with Crippen LogP contribution in [0.3, 0.4) is 0 Å². The van der Waals surface area contributed by atoms with Crippen LogP contribution in [0.15, 0.2) is 23.1 Å². The van der Waals surface area contributed by atoms with Gasteiger partial charge in [-0.3, -0.25) is 0 Å².